The van der Waals surface area contributed by atoms with E-state index in [2.05, 4.69) is 46.4 Å². The summed E-state index contributed by atoms with van der Waals surface area (Å²) in [7, 11) is 0. The summed E-state index contributed by atoms with van der Waals surface area (Å²) in [5.74, 6) is 0.831. The van der Waals surface area contributed by atoms with Crippen LogP contribution in [0.1, 0.15) is 37.3 Å². The summed E-state index contributed by atoms with van der Waals surface area (Å²) in [5, 5.41) is 3.07. The number of likely N-dealkylation sites (tertiary alicyclic amines) is 1. The zero-order valence-corrected chi connectivity index (χ0v) is 16.1. The second kappa shape index (κ2) is 10.1. The summed E-state index contributed by atoms with van der Waals surface area (Å²) in [6.07, 6.45) is 4.76. The van der Waals surface area contributed by atoms with Crippen molar-refractivity contribution in [3.8, 4) is 5.88 Å². The van der Waals surface area contributed by atoms with Gasteiger partial charge in [-0.1, -0.05) is 43.3 Å². The second-order valence-electron chi connectivity index (χ2n) is 7.13. The molecule has 5 heteroatoms. The molecule has 1 aliphatic rings. The van der Waals surface area contributed by atoms with Crippen molar-refractivity contribution in [3.63, 3.8) is 0 Å². The molecule has 1 atom stereocenters. The lowest BCUT2D eigenvalue weighted by atomic mass is 9.96. The molecular formula is C22H29N3O2. The van der Waals surface area contributed by atoms with E-state index in [1.165, 1.54) is 5.56 Å². The van der Waals surface area contributed by atoms with Crippen LogP contribution in [0.15, 0.2) is 48.7 Å². The highest BCUT2D eigenvalue weighted by Crippen LogP contribution is 2.19. The van der Waals surface area contributed by atoms with E-state index in [4.69, 9.17) is 4.74 Å². The number of hydrogen-bond acceptors (Lipinski definition) is 4. The third kappa shape index (κ3) is 6.07. The zero-order valence-electron chi connectivity index (χ0n) is 16.1. The summed E-state index contributed by atoms with van der Waals surface area (Å²) in [6.45, 7) is 6.04. The lowest BCUT2D eigenvalue weighted by Gasteiger charge is -2.32. The van der Waals surface area contributed by atoms with Gasteiger partial charge in [0, 0.05) is 31.9 Å². The number of nitrogens with one attached hydrogen (secondary N) is 1. The van der Waals surface area contributed by atoms with Gasteiger partial charge in [-0.05, 0) is 36.9 Å². The Kier molecular flexibility index (Phi) is 7.22. The maximum Gasteiger partial charge on any atom is 0.224 e. The average Bonchev–Trinajstić information content (AvgIpc) is 2.72. The number of nitrogens with zero attached hydrogens (tertiary/aromatic N) is 2. The second-order valence-corrected chi connectivity index (χ2v) is 7.13. The van der Waals surface area contributed by atoms with E-state index in [1.807, 2.05) is 18.2 Å². The molecule has 1 fully saturated rings. The van der Waals surface area contributed by atoms with E-state index >= 15 is 0 Å². The minimum Gasteiger partial charge on any atom is -0.478 e. The van der Waals surface area contributed by atoms with Crippen LogP contribution in [0.5, 0.6) is 5.88 Å². The fourth-order valence-corrected chi connectivity index (χ4v) is 3.40. The number of piperidine rings is 1. The monoisotopic (exact) mass is 367 g/mol. The van der Waals surface area contributed by atoms with Gasteiger partial charge in [0.1, 0.15) is 0 Å². The van der Waals surface area contributed by atoms with Gasteiger partial charge in [-0.2, -0.15) is 0 Å². The van der Waals surface area contributed by atoms with Crippen molar-refractivity contribution < 1.29 is 9.53 Å². The van der Waals surface area contributed by atoms with Crippen molar-refractivity contribution in [3.05, 3.63) is 59.8 Å². The number of pyridine rings is 1. The first-order valence-corrected chi connectivity index (χ1v) is 9.86. The molecule has 1 unspecified atom stereocenters. The molecule has 144 valence electrons. The molecular weight excluding hydrogens is 338 g/mol. The third-order valence-corrected chi connectivity index (χ3v) is 4.84. The van der Waals surface area contributed by atoms with Gasteiger partial charge < -0.3 is 10.1 Å². The highest BCUT2D eigenvalue weighted by atomic mass is 16.5. The van der Waals surface area contributed by atoms with E-state index < -0.39 is 0 Å². The van der Waals surface area contributed by atoms with E-state index in [9.17, 15) is 4.79 Å². The highest BCUT2D eigenvalue weighted by molar-refractivity contribution is 5.78. The molecule has 1 amide bonds. The number of benzene rings is 1. The van der Waals surface area contributed by atoms with E-state index in [-0.39, 0.29) is 11.8 Å². The van der Waals surface area contributed by atoms with Crippen LogP contribution in [0.3, 0.4) is 0 Å². The first kappa shape index (κ1) is 19.4. The Labute approximate surface area is 161 Å². The zero-order chi connectivity index (χ0) is 18.9. The Morgan fingerprint density at radius 3 is 2.81 bits per heavy atom. The molecule has 1 aliphatic heterocycles. The number of amides is 1. The van der Waals surface area contributed by atoms with Crippen LogP contribution >= 0.6 is 0 Å². The summed E-state index contributed by atoms with van der Waals surface area (Å²) in [5.41, 5.74) is 2.29. The number of rotatable bonds is 8. The lowest BCUT2D eigenvalue weighted by molar-refractivity contribution is -0.126. The van der Waals surface area contributed by atoms with Crippen molar-refractivity contribution in [2.24, 2.45) is 5.92 Å². The van der Waals surface area contributed by atoms with E-state index in [0.717, 1.165) is 44.5 Å². The molecule has 2 aromatic rings. The minimum atomic E-state index is 0.0579. The van der Waals surface area contributed by atoms with Crippen LogP contribution in [0, 0.1) is 5.92 Å². The van der Waals surface area contributed by atoms with Crippen molar-refractivity contribution >= 4 is 5.91 Å². The van der Waals surface area contributed by atoms with Crippen LogP contribution in [-0.4, -0.2) is 35.5 Å². The van der Waals surface area contributed by atoms with Crippen LogP contribution in [0.2, 0.25) is 0 Å². The van der Waals surface area contributed by atoms with Crippen molar-refractivity contribution in [1.29, 1.82) is 0 Å². The first-order valence-electron chi connectivity index (χ1n) is 9.86. The van der Waals surface area contributed by atoms with Crippen LogP contribution in [0.4, 0.5) is 0 Å². The summed E-state index contributed by atoms with van der Waals surface area (Å²) in [6, 6.07) is 14.3. The Hall–Kier alpha value is -2.40. The number of ether oxygens (including phenoxy) is 1. The SMILES string of the molecule is CCCOc1ccc(CNC(=O)C2CCCN(Cc3ccccc3)C2)cn1. The van der Waals surface area contributed by atoms with Gasteiger partial charge in [0.05, 0.1) is 12.5 Å². The normalized spacial score (nSPS) is 17.4. The molecule has 0 radical (unpaired) electrons. The van der Waals surface area contributed by atoms with Gasteiger partial charge in [-0.3, -0.25) is 9.69 Å². The molecule has 0 bridgehead atoms. The molecule has 1 saturated heterocycles. The summed E-state index contributed by atoms with van der Waals surface area (Å²) in [4.78, 5) is 19.3. The Bertz CT molecular complexity index is 703. The molecule has 0 aliphatic carbocycles. The topological polar surface area (TPSA) is 54.5 Å². The molecule has 1 aromatic heterocycles. The quantitative estimate of drug-likeness (QED) is 0.777. The van der Waals surface area contributed by atoms with Crippen LogP contribution in [0.25, 0.3) is 0 Å². The smallest absolute Gasteiger partial charge is 0.224 e. The molecule has 0 saturated carbocycles. The molecule has 5 nitrogen and oxygen atoms in total. The maximum absolute atomic E-state index is 12.6. The predicted molar refractivity (Wildman–Crippen MR) is 106 cm³/mol. The Morgan fingerprint density at radius 2 is 2.07 bits per heavy atom. The Balaban J connectivity index is 1.46. The third-order valence-electron chi connectivity index (χ3n) is 4.84. The van der Waals surface area contributed by atoms with Crippen molar-refractivity contribution in [1.82, 2.24) is 15.2 Å². The van der Waals surface area contributed by atoms with Crippen molar-refractivity contribution in [2.45, 2.75) is 39.3 Å². The number of carbonyl (C=O) groups excluding carboxylic acids is 1. The number of carbonyl (C=O) groups is 1. The molecule has 1 N–H and O–H groups in total. The molecule has 27 heavy (non-hydrogen) atoms. The molecule has 2 heterocycles. The van der Waals surface area contributed by atoms with Gasteiger partial charge in [0.25, 0.3) is 0 Å². The van der Waals surface area contributed by atoms with E-state index in [1.54, 1.807) is 6.20 Å². The molecule has 3 rings (SSSR count). The predicted octanol–water partition coefficient (Wildman–Crippen LogP) is 3.40. The lowest BCUT2D eigenvalue weighted by Crippen LogP contribution is -2.42. The van der Waals surface area contributed by atoms with Gasteiger partial charge in [-0.25, -0.2) is 4.98 Å². The standard InChI is InChI=1S/C22H29N3O2/c1-2-13-27-21-11-10-19(14-23-21)15-24-22(26)20-9-6-12-25(17-20)16-18-7-4-3-5-8-18/h3-5,7-8,10-11,14,20H,2,6,9,12-13,15-17H2,1H3,(H,24,26). The van der Waals surface area contributed by atoms with Crippen molar-refractivity contribution in [2.75, 3.05) is 19.7 Å². The fourth-order valence-electron chi connectivity index (χ4n) is 3.40. The first-order chi connectivity index (χ1) is 13.2. The minimum absolute atomic E-state index is 0.0579. The Morgan fingerprint density at radius 1 is 1.22 bits per heavy atom. The fraction of sp³-hybridized carbons (Fsp3) is 0.455. The number of aromatic nitrogens is 1. The van der Waals surface area contributed by atoms with Gasteiger partial charge in [0.2, 0.25) is 11.8 Å². The van der Waals surface area contributed by atoms with E-state index in [0.29, 0.717) is 19.0 Å². The van der Waals surface area contributed by atoms with Gasteiger partial charge >= 0.3 is 0 Å². The highest BCUT2D eigenvalue weighted by Gasteiger charge is 2.25. The van der Waals surface area contributed by atoms with Crippen LogP contribution < -0.4 is 10.1 Å². The molecule has 1 aromatic carbocycles. The number of hydrogen-bond donors (Lipinski definition) is 1. The summed E-state index contributed by atoms with van der Waals surface area (Å²) < 4.78 is 5.49. The average molecular weight is 367 g/mol. The van der Waals surface area contributed by atoms with Gasteiger partial charge in [0.15, 0.2) is 0 Å². The summed E-state index contributed by atoms with van der Waals surface area (Å²) >= 11 is 0. The maximum atomic E-state index is 12.6. The molecule has 0 spiro atoms. The van der Waals surface area contributed by atoms with Crippen LogP contribution in [-0.2, 0) is 17.9 Å². The van der Waals surface area contributed by atoms with Gasteiger partial charge in [-0.15, -0.1) is 0 Å². The largest absolute Gasteiger partial charge is 0.478 e.